The van der Waals surface area contributed by atoms with Crippen LogP contribution in [0, 0.1) is 11.3 Å². The van der Waals surface area contributed by atoms with Crippen LogP contribution in [0.5, 0.6) is 0 Å². The number of sulfone groups is 2. The van der Waals surface area contributed by atoms with Gasteiger partial charge in [-0.15, -0.1) is 0 Å². The highest BCUT2D eigenvalue weighted by Gasteiger charge is 2.19. The lowest BCUT2D eigenvalue weighted by Gasteiger charge is -2.07. The molecular weight excluding hydrogens is 316 g/mol. The van der Waals surface area contributed by atoms with Gasteiger partial charge in [-0.25, -0.2) is 16.8 Å². The van der Waals surface area contributed by atoms with Crippen molar-refractivity contribution in [1.29, 1.82) is 5.26 Å². The number of nitrogens with one attached hydrogen (secondary N) is 1. The Morgan fingerprint density at radius 1 is 1.19 bits per heavy atom. The predicted molar refractivity (Wildman–Crippen MR) is 78.2 cm³/mol. The summed E-state index contributed by atoms with van der Waals surface area (Å²) in [6.07, 6.45) is 0.922. The van der Waals surface area contributed by atoms with Crippen molar-refractivity contribution in [2.45, 2.75) is 0 Å². The Kier molecular flexibility index (Phi) is 5.46. The van der Waals surface area contributed by atoms with E-state index >= 15 is 0 Å². The van der Waals surface area contributed by atoms with Crippen molar-refractivity contribution in [1.82, 2.24) is 0 Å². The zero-order valence-electron chi connectivity index (χ0n) is 11.2. The van der Waals surface area contributed by atoms with E-state index in [-0.39, 0.29) is 11.3 Å². The quantitative estimate of drug-likeness (QED) is 0.781. The van der Waals surface area contributed by atoms with E-state index in [1.165, 1.54) is 12.1 Å². The van der Waals surface area contributed by atoms with Crippen molar-refractivity contribution in [2.24, 2.45) is 0 Å². The molecule has 1 rings (SSSR count). The zero-order valence-corrected chi connectivity index (χ0v) is 12.9. The Morgan fingerprint density at radius 2 is 1.81 bits per heavy atom. The molecule has 0 bridgehead atoms. The molecule has 7 nitrogen and oxygen atoms in total. The van der Waals surface area contributed by atoms with Gasteiger partial charge in [0.05, 0.1) is 22.8 Å². The second kappa shape index (κ2) is 6.69. The molecule has 0 aliphatic heterocycles. The van der Waals surface area contributed by atoms with Crippen LogP contribution in [0.25, 0.3) is 0 Å². The highest BCUT2D eigenvalue weighted by atomic mass is 32.2. The lowest BCUT2D eigenvalue weighted by molar-refractivity contribution is -0.113. The minimum absolute atomic E-state index is 0.208. The number of nitriles is 1. The summed E-state index contributed by atoms with van der Waals surface area (Å²) in [4.78, 5) is 11.7. The van der Waals surface area contributed by atoms with E-state index in [4.69, 9.17) is 5.26 Å². The topological polar surface area (TPSA) is 121 Å². The van der Waals surface area contributed by atoms with Crippen molar-refractivity contribution >= 4 is 31.3 Å². The number of para-hydroxylation sites is 1. The van der Waals surface area contributed by atoms with Crippen LogP contribution in [0.2, 0.25) is 0 Å². The molecule has 1 amide bonds. The lowest BCUT2D eigenvalue weighted by atomic mass is 10.2. The first kappa shape index (κ1) is 17.1. The molecule has 21 heavy (non-hydrogen) atoms. The molecule has 0 fully saturated rings. The fourth-order valence-electron chi connectivity index (χ4n) is 1.43. The number of benzene rings is 1. The first-order chi connectivity index (χ1) is 9.63. The van der Waals surface area contributed by atoms with Crippen LogP contribution in [0.1, 0.15) is 5.56 Å². The van der Waals surface area contributed by atoms with Gasteiger partial charge in [-0.1, -0.05) is 12.1 Å². The Morgan fingerprint density at radius 3 is 2.38 bits per heavy atom. The second-order valence-corrected chi connectivity index (χ2v) is 8.87. The Hall–Kier alpha value is -1.92. The lowest BCUT2D eigenvalue weighted by Crippen LogP contribution is -2.27. The predicted octanol–water partition coefficient (Wildman–Crippen LogP) is -0.0438. The molecule has 1 aromatic rings. The molecular formula is C12H14N2O5S2. The number of amides is 1. The van der Waals surface area contributed by atoms with Gasteiger partial charge in [0.1, 0.15) is 21.7 Å². The average Bonchev–Trinajstić information content (AvgIpc) is 2.36. The summed E-state index contributed by atoms with van der Waals surface area (Å²) in [5, 5.41) is 11.2. The van der Waals surface area contributed by atoms with Gasteiger partial charge in [0, 0.05) is 6.26 Å². The van der Waals surface area contributed by atoms with E-state index in [2.05, 4.69) is 5.32 Å². The number of nitrogens with zero attached hydrogens (tertiary/aromatic N) is 1. The average molecular weight is 330 g/mol. The van der Waals surface area contributed by atoms with Crippen molar-refractivity contribution in [3.63, 3.8) is 0 Å². The third-order valence-corrected chi connectivity index (χ3v) is 5.17. The normalized spacial score (nSPS) is 11.6. The first-order valence-corrected chi connectivity index (χ1v) is 9.68. The number of rotatable bonds is 6. The minimum Gasteiger partial charge on any atom is -0.324 e. The van der Waals surface area contributed by atoms with Gasteiger partial charge >= 0.3 is 0 Å². The molecule has 1 N–H and O–H groups in total. The summed E-state index contributed by atoms with van der Waals surface area (Å²) in [6.45, 7) is 0. The van der Waals surface area contributed by atoms with Gasteiger partial charge in [-0.05, 0) is 12.1 Å². The molecule has 9 heteroatoms. The van der Waals surface area contributed by atoms with Crippen LogP contribution in [0.15, 0.2) is 24.3 Å². The highest BCUT2D eigenvalue weighted by molar-refractivity contribution is 7.95. The van der Waals surface area contributed by atoms with Gasteiger partial charge in [0.25, 0.3) is 0 Å². The van der Waals surface area contributed by atoms with E-state index in [9.17, 15) is 21.6 Å². The largest absolute Gasteiger partial charge is 0.324 e. The summed E-state index contributed by atoms with van der Waals surface area (Å²) < 4.78 is 45.2. The van der Waals surface area contributed by atoms with E-state index in [0.29, 0.717) is 0 Å². The van der Waals surface area contributed by atoms with E-state index in [1.54, 1.807) is 12.1 Å². The van der Waals surface area contributed by atoms with Gasteiger partial charge in [0.2, 0.25) is 5.91 Å². The maximum Gasteiger partial charge on any atom is 0.239 e. The Balaban J connectivity index is 2.72. The number of hydrogen-bond donors (Lipinski definition) is 1. The fourth-order valence-corrected chi connectivity index (χ4v) is 4.27. The molecule has 1 aromatic carbocycles. The number of hydrogen-bond acceptors (Lipinski definition) is 6. The maximum absolute atomic E-state index is 11.7. The van der Waals surface area contributed by atoms with Crippen molar-refractivity contribution in [2.75, 3.05) is 28.8 Å². The second-order valence-electron chi connectivity index (χ2n) is 4.43. The third-order valence-electron chi connectivity index (χ3n) is 2.44. The third kappa shape index (κ3) is 6.37. The summed E-state index contributed by atoms with van der Waals surface area (Å²) in [6, 6.07) is 8.02. The number of anilines is 1. The molecule has 0 saturated carbocycles. The van der Waals surface area contributed by atoms with Crippen molar-refractivity contribution < 1.29 is 21.6 Å². The van der Waals surface area contributed by atoms with E-state index < -0.39 is 42.8 Å². The Labute approximate surface area is 123 Å². The molecule has 0 aliphatic carbocycles. The van der Waals surface area contributed by atoms with Crippen LogP contribution in [-0.4, -0.2) is 46.3 Å². The highest BCUT2D eigenvalue weighted by Crippen LogP contribution is 2.13. The smallest absolute Gasteiger partial charge is 0.239 e. The maximum atomic E-state index is 11.7. The first-order valence-electron chi connectivity index (χ1n) is 5.80. The SMILES string of the molecule is CS(=O)(=O)CCS(=O)(=O)CC(=O)Nc1ccccc1C#N. The number of carbonyl (C=O) groups is 1. The van der Waals surface area contributed by atoms with Crippen molar-refractivity contribution in [3.05, 3.63) is 29.8 Å². The summed E-state index contributed by atoms with van der Waals surface area (Å²) in [5.41, 5.74) is 0.419. The standard InChI is InChI=1S/C12H14N2O5S2/c1-20(16,17)6-7-21(18,19)9-12(15)14-11-5-3-2-4-10(11)8-13/h2-5H,6-7,9H2,1H3,(H,14,15). The monoisotopic (exact) mass is 330 g/mol. The molecule has 0 saturated heterocycles. The van der Waals surface area contributed by atoms with Gasteiger partial charge in [-0.2, -0.15) is 5.26 Å². The van der Waals surface area contributed by atoms with Gasteiger partial charge < -0.3 is 5.32 Å². The van der Waals surface area contributed by atoms with Gasteiger partial charge in [-0.3, -0.25) is 4.79 Å². The molecule has 0 aliphatic rings. The van der Waals surface area contributed by atoms with E-state index in [1.807, 2.05) is 6.07 Å². The molecule has 0 radical (unpaired) electrons. The van der Waals surface area contributed by atoms with Crippen LogP contribution < -0.4 is 5.32 Å². The molecule has 0 atom stereocenters. The summed E-state index contributed by atoms with van der Waals surface area (Å²) in [7, 11) is -7.24. The number of carbonyl (C=O) groups excluding carboxylic acids is 1. The van der Waals surface area contributed by atoms with Crippen LogP contribution in [-0.2, 0) is 24.5 Å². The van der Waals surface area contributed by atoms with E-state index in [0.717, 1.165) is 6.26 Å². The zero-order chi connectivity index (χ0) is 16.1. The molecule has 0 aromatic heterocycles. The van der Waals surface area contributed by atoms with Gasteiger partial charge in [0.15, 0.2) is 9.84 Å². The molecule has 0 unspecified atom stereocenters. The molecule has 114 valence electrons. The van der Waals surface area contributed by atoms with Crippen LogP contribution in [0.4, 0.5) is 5.69 Å². The molecule has 0 spiro atoms. The summed E-state index contributed by atoms with van der Waals surface area (Å²) >= 11 is 0. The minimum atomic E-state index is -3.83. The molecule has 0 heterocycles. The van der Waals surface area contributed by atoms with Crippen LogP contribution in [0.3, 0.4) is 0 Å². The van der Waals surface area contributed by atoms with Crippen molar-refractivity contribution in [3.8, 4) is 6.07 Å². The Bertz CT molecular complexity index is 776. The summed E-state index contributed by atoms with van der Waals surface area (Å²) in [5.74, 6) is -2.79. The van der Waals surface area contributed by atoms with Crippen LogP contribution >= 0.6 is 0 Å². The fraction of sp³-hybridized carbons (Fsp3) is 0.333.